The third-order valence-electron chi connectivity index (χ3n) is 2.49. The summed E-state index contributed by atoms with van der Waals surface area (Å²) in [5, 5.41) is 8.41. The minimum Gasteiger partial charge on any atom is -0.481 e. The zero-order chi connectivity index (χ0) is 15.1. The highest BCUT2D eigenvalue weighted by molar-refractivity contribution is 8.09. The predicted octanol–water partition coefficient (Wildman–Crippen LogP) is 4.02. The summed E-state index contributed by atoms with van der Waals surface area (Å²) in [7, 11) is -0.137. The van der Waals surface area contributed by atoms with Crippen LogP contribution in [0, 0.1) is 0 Å². The van der Waals surface area contributed by atoms with Crippen molar-refractivity contribution in [2.45, 2.75) is 71.1 Å². The lowest BCUT2D eigenvalue weighted by atomic mass is 10.1. The maximum Gasteiger partial charge on any atom is 0.353 e. The van der Waals surface area contributed by atoms with Gasteiger partial charge in [-0.05, 0) is 6.42 Å². The van der Waals surface area contributed by atoms with E-state index >= 15 is 0 Å². The molecule has 0 aromatic rings. The molecule has 0 spiro atoms. The first-order chi connectivity index (χ1) is 8.77. The molecule has 2 N–H and O–H groups in total. The van der Waals surface area contributed by atoms with Crippen molar-refractivity contribution in [3.8, 4) is 0 Å². The normalized spacial score (nSPS) is 10.7. The zero-order valence-corrected chi connectivity index (χ0v) is 13.0. The Hall–Kier alpha value is -0.330. The molecule has 0 rings (SSSR count). The minimum atomic E-state index is -4.19. The lowest BCUT2D eigenvalue weighted by molar-refractivity contribution is -0.137. The minimum absolute atomic E-state index is 0.343. The highest BCUT2D eigenvalue weighted by atomic mass is 35.7. The van der Waals surface area contributed by atoms with Crippen LogP contribution in [0.3, 0.4) is 0 Å². The molecule has 0 atom stereocenters. The molecule has 0 unspecified atom stereocenters. The van der Waals surface area contributed by atoms with Gasteiger partial charge in [-0.2, -0.15) is 8.42 Å². The van der Waals surface area contributed by atoms with Gasteiger partial charge < -0.3 is 5.11 Å². The molecule has 7 heteroatoms. The SMILES string of the molecule is CCCCCCCCCCCC(=O)O.O=S(=O)(O)Cl. The number of hydrogen-bond donors (Lipinski definition) is 2. The van der Waals surface area contributed by atoms with Gasteiger partial charge in [0.25, 0.3) is 0 Å². The van der Waals surface area contributed by atoms with Crippen molar-refractivity contribution in [3.63, 3.8) is 0 Å². The van der Waals surface area contributed by atoms with Gasteiger partial charge in [0.15, 0.2) is 0 Å². The second kappa shape index (κ2) is 14.1. The van der Waals surface area contributed by atoms with E-state index in [4.69, 9.17) is 18.1 Å². The first-order valence-electron chi connectivity index (χ1n) is 6.66. The number of carboxylic acids is 1. The van der Waals surface area contributed by atoms with Crippen molar-refractivity contribution >= 4 is 26.0 Å². The van der Waals surface area contributed by atoms with Gasteiger partial charge in [-0.25, -0.2) is 0 Å². The average molecular weight is 317 g/mol. The summed E-state index contributed by atoms with van der Waals surface area (Å²) in [6.07, 6.45) is 11.5. The van der Waals surface area contributed by atoms with E-state index in [2.05, 4.69) is 17.6 Å². The molecular formula is C12H25ClO5S. The van der Waals surface area contributed by atoms with Crippen molar-refractivity contribution in [1.29, 1.82) is 0 Å². The summed E-state index contributed by atoms with van der Waals surface area (Å²) in [5.41, 5.74) is 0. The Kier molecular flexibility index (Phi) is 15.6. The molecule has 0 aromatic carbocycles. The first kappa shape index (κ1) is 21.0. The summed E-state index contributed by atoms with van der Waals surface area (Å²) in [4.78, 5) is 10.2. The van der Waals surface area contributed by atoms with Crippen LogP contribution in [0.4, 0.5) is 0 Å². The fourth-order valence-electron chi connectivity index (χ4n) is 1.59. The molecular weight excluding hydrogens is 292 g/mol. The maximum atomic E-state index is 10.2. The van der Waals surface area contributed by atoms with Crippen LogP contribution in [0.1, 0.15) is 71.1 Å². The molecule has 0 aliphatic heterocycles. The second-order valence-electron chi connectivity index (χ2n) is 4.38. The highest BCUT2D eigenvalue weighted by Gasteiger charge is 1.96. The van der Waals surface area contributed by atoms with Gasteiger partial charge in [0.05, 0.1) is 0 Å². The third kappa shape index (κ3) is 38.1. The first-order valence-corrected chi connectivity index (χ1v) is 8.92. The van der Waals surface area contributed by atoms with Crippen LogP contribution < -0.4 is 0 Å². The van der Waals surface area contributed by atoms with Gasteiger partial charge >= 0.3 is 15.3 Å². The molecule has 0 aliphatic rings. The highest BCUT2D eigenvalue weighted by Crippen LogP contribution is 2.10. The Bertz CT molecular complexity index is 295. The molecule has 0 bridgehead atoms. The Balaban J connectivity index is 0. The smallest absolute Gasteiger partial charge is 0.353 e. The van der Waals surface area contributed by atoms with Crippen molar-refractivity contribution in [3.05, 3.63) is 0 Å². The number of hydrogen-bond acceptors (Lipinski definition) is 3. The molecule has 0 saturated carbocycles. The summed E-state index contributed by atoms with van der Waals surface area (Å²) >= 11 is 0. The quantitative estimate of drug-likeness (QED) is 0.361. The van der Waals surface area contributed by atoms with Crippen LogP contribution in [-0.2, 0) is 14.1 Å². The number of unbranched alkanes of at least 4 members (excludes halogenated alkanes) is 8. The van der Waals surface area contributed by atoms with Crippen molar-refractivity contribution < 1.29 is 22.9 Å². The van der Waals surface area contributed by atoms with E-state index < -0.39 is 15.3 Å². The fourth-order valence-corrected chi connectivity index (χ4v) is 1.59. The van der Waals surface area contributed by atoms with E-state index in [0.717, 1.165) is 12.8 Å². The van der Waals surface area contributed by atoms with Gasteiger partial charge in [0, 0.05) is 17.1 Å². The third-order valence-corrected chi connectivity index (χ3v) is 2.49. The van der Waals surface area contributed by atoms with Gasteiger partial charge in [-0.15, -0.1) is 0 Å². The van der Waals surface area contributed by atoms with E-state index in [1.54, 1.807) is 0 Å². The van der Waals surface area contributed by atoms with Crippen LogP contribution in [0.25, 0.3) is 0 Å². The number of carboxylic acid groups (broad SMARTS) is 1. The number of rotatable bonds is 10. The van der Waals surface area contributed by atoms with Gasteiger partial charge in [-0.1, -0.05) is 58.3 Å². The maximum absolute atomic E-state index is 10.2. The Morgan fingerprint density at radius 1 is 0.947 bits per heavy atom. The summed E-state index contributed by atoms with van der Waals surface area (Å²) in [6, 6.07) is 0. The molecule has 0 radical (unpaired) electrons. The van der Waals surface area contributed by atoms with Gasteiger partial charge in [0.2, 0.25) is 0 Å². The number of aliphatic carboxylic acids is 1. The van der Waals surface area contributed by atoms with Gasteiger partial charge in [-0.3, -0.25) is 9.35 Å². The lowest BCUT2D eigenvalue weighted by Gasteiger charge is -2.00. The summed E-state index contributed by atoms with van der Waals surface area (Å²) in [6.45, 7) is 2.23. The van der Waals surface area contributed by atoms with Crippen LogP contribution in [0.15, 0.2) is 0 Å². The van der Waals surface area contributed by atoms with Crippen LogP contribution in [0.2, 0.25) is 0 Å². The Morgan fingerprint density at radius 2 is 1.26 bits per heavy atom. The van der Waals surface area contributed by atoms with E-state index in [9.17, 15) is 4.79 Å². The number of halogens is 1. The summed E-state index contributed by atoms with van der Waals surface area (Å²) < 4.78 is 25.2. The van der Waals surface area contributed by atoms with Crippen LogP contribution >= 0.6 is 10.7 Å². The standard InChI is InChI=1S/C12H24O2.ClHO3S/c1-2-3-4-5-6-7-8-9-10-11-12(13)14;1-5(2,3)4/h2-11H2,1H3,(H,13,14);(H,2,3,4). The topological polar surface area (TPSA) is 91.7 Å². The molecule has 116 valence electrons. The molecule has 0 aromatic heterocycles. The fraction of sp³-hybridized carbons (Fsp3) is 0.917. The van der Waals surface area contributed by atoms with Crippen molar-refractivity contribution in [2.75, 3.05) is 0 Å². The molecule has 5 nitrogen and oxygen atoms in total. The van der Waals surface area contributed by atoms with E-state index in [1.807, 2.05) is 0 Å². The molecule has 0 aliphatic carbocycles. The zero-order valence-electron chi connectivity index (χ0n) is 11.5. The van der Waals surface area contributed by atoms with Crippen LogP contribution in [-0.4, -0.2) is 24.0 Å². The summed E-state index contributed by atoms with van der Waals surface area (Å²) in [5.74, 6) is -0.659. The Morgan fingerprint density at radius 3 is 1.58 bits per heavy atom. The van der Waals surface area contributed by atoms with E-state index in [1.165, 1.54) is 44.9 Å². The van der Waals surface area contributed by atoms with Gasteiger partial charge in [0.1, 0.15) is 0 Å². The van der Waals surface area contributed by atoms with Crippen molar-refractivity contribution in [1.82, 2.24) is 0 Å². The predicted molar refractivity (Wildman–Crippen MR) is 76.9 cm³/mol. The van der Waals surface area contributed by atoms with Crippen LogP contribution in [0.5, 0.6) is 0 Å². The van der Waals surface area contributed by atoms with Crippen molar-refractivity contribution in [2.24, 2.45) is 0 Å². The molecule has 0 amide bonds. The monoisotopic (exact) mass is 316 g/mol. The molecule has 0 fully saturated rings. The largest absolute Gasteiger partial charge is 0.481 e. The second-order valence-corrected chi connectivity index (χ2v) is 6.38. The average Bonchev–Trinajstić information content (AvgIpc) is 2.24. The molecule has 0 saturated heterocycles. The lowest BCUT2D eigenvalue weighted by Crippen LogP contribution is -1.93. The number of carbonyl (C=O) groups is 1. The molecule has 19 heavy (non-hydrogen) atoms. The van der Waals surface area contributed by atoms with E-state index in [-0.39, 0.29) is 0 Å². The van der Waals surface area contributed by atoms with E-state index in [0.29, 0.717) is 6.42 Å². The Labute approximate surface area is 120 Å². The molecule has 0 heterocycles.